The van der Waals surface area contributed by atoms with Crippen molar-refractivity contribution in [2.45, 2.75) is 12.8 Å². The first-order valence-corrected chi connectivity index (χ1v) is 4.91. The molecule has 1 fully saturated rings. The predicted octanol–water partition coefficient (Wildman–Crippen LogP) is 3.08. The Morgan fingerprint density at radius 1 is 1.27 bits per heavy atom. The number of rotatable bonds is 2. The number of ketones is 1. The van der Waals surface area contributed by atoms with Gasteiger partial charge in [-0.25, -0.2) is 0 Å². The van der Waals surface area contributed by atoms with Crippen LogP contribution in [0.5, 0.6) is 0 Å². The maximum Gasteiger partial charge on any atom is 0.189 e. The van der Waals surface area contributed by atoms with Crippen molar-refractivity contribution >= 4 is 5.78 Å². The lowest BCUT2D eigenvalue weighted by molar-refractivity contribution is 0.104. The van der Waals surface area contributed by atoms with Crippen LogP contribution in [0.2, 0.25) is 0 Å². The highest BCUT2D eigenvalue weighted by atomic mass is 16.5. The summed E-state index contributed by atoms with van der Waals surface area (Å²) in [5, 5.41) is 0. The minimum absolute atomic E-state index is 0.0136. The average Bonchev–Trinajstić information content (AvgIpc) is 2.65. The fourth-order valence-electron chi connectivity index (χ4n) is 1.48. The molecule has 1 aromatic carbocycles. The smallest absolute Gasteiger partial charge is 0.189 e. The van der Waals surface area contributed by atoms with Gasteiger partial charge in [-0.3, -0.25) is 4.79 Å². The topological polar surface area (TPSA) is 26.3 Å². The Hall–Kier alpha value is -1.83. The molecule has 0 saturated carbocycles. The van der Waals surface area contributed by atoms with Crippen LogP contribution in [0.15, 0.2) is 54.5 Å². The highest BCUT2D eigenvalue weighted by Gasteiger charge is 2.13. The Labute approximate surface area is 88.9 Å². The van der Waals surface area contributed by atoms with Gasteiger partial charge in [0.25, 0.3) is 0 Å². The third kappa shape index (κ3) is 2.34. The van der Waals surface area contributed by atoms with Crippen LogP contribution in [0.25, 0.3) is 0 Å². The zero-order chi connectivity index (χ0) is 10.7. The molecule has 0 N–H and O–H groups in total. The van der Waals surface area contributed by atoms with Gasteiger partial charge in [0.05, 0.1) is 5.76 Å². The van der Waals surface area contributed by atoms with Crippen molar-refractivity contribution in [3.05, 3.63) is 60.1 Å². The van der Waals surface area contributed by atoms with Gasteiger partial charge in [-0.05, 0) is 0 Å². The summed E-state index contributed by atoms with van der Waals surface area (Å²) in [6.45, 7) is 3.71. The summed E-state index contributed by atoms with van der Waals surface area (Å²) < 4.78 is 5.30. The molecule has 1 heterocycles. The molecule has 1 saturated heterocycles. The van der Waals surface area contributed by atoms with Crippen LogP contribution in [0.1, 0.15) is 23.2 Å². The molecule has 1 aliphatic heterocycles. The number of carbonyl (C=O) groups excluding carboxylic acids is 1. The first-order chi connectivity index (χ1) is 7.25. The van der Waals surface area contributed by atoms with Gasteiger partial charge in [-0.15, -0.1) is 0 Å². The molecule has 2 nitrogen and oxygen atoms in total. The summed E-state index contributed by atoms with van der Waals surface area (Å²) in [5.74, 6) is 1.44. The van der Waals surface area contributed by atoms with E-state index in [1.165, 1.54) is 0 Å². The van der Waals surface area contributed by atoms with E-state index in [2.05, 4.69) is 6.58 Å². The van der Waals surface area contributed by atoms with E-state index in [0.717, 1.165) is 18.6 Å². The summed E-state index contributed by atoms with van der Waals surface area (Å²) in [4.78, 5) is 11.7. The second-order valence-corrected chi connectivity index (χ2v) is 3.48. The number of allylic oxidation sites excluding steroid dienone is 3. The molecule has 0 spiro atoms. The normalized spacial score (nSPS) is 17.9. The number of carbonyl (C=O) groups is 1. The molecule has 2 heteroatoms. The molecule has 0 unspecified atom stereocenters. The summed E-state index contributed by atoms with van der Waals surface area (Å²) in [5.41, 5.74) is 0.686. The molecular weight excluding hydrogens is 188 g/mol. The van der Waals surface area contributed by atoms with E-state index in [1.807, 2.05) is 18.2 Å². The van der Waals surface area contributed by atoms with Crippen LogP contribution in [-0.4, -0.2) is 5.78 Å². The molecule has 76 valence electrons. The third-order valence-corrected chi connectivity index (χ3v) is 2.28. The van der Waals surface area contributed by atoms with Gasteiger partial charge in [-0.2, -0.15) is 0 Å². The zero-order valence-corrected chi connectivity index (χ0v) is 8.40. The maximum absolute atomic E-state index is 11.7. The molecule has 1 aliphatic rings. The standard InChI is InChI=1S/C13H12O2/c1-10-7-8-12(15-10)9-13(14)11-5-3-2-4-6-11/h2-6,9H,1,7-8H2/b12-9+. The third-order valence-electron chi connectivity index (χ3n) is 2.28. The van der Waals surface area contributed by atoms with E-state index in [1.54, 1.807) is 18.2 Å². The van der Waals surface area contributed by atoms with Crippen LogP contribution in [0.4, 0.5) is 0 Å². The molecule has 0 amide bonds. The van der Waals surface area contributed by atoms with Crippen molar-refractivity contribution in [3.8, 4) is 0 Å². The van der Waals surface area contributed by atoms with Gasteiger partial charge in [0.15, 0.2) is 5.78 Å². The van der Waals surface area contributed by atoms with Crippen molar-refractivity contribution in [3.63, 3.8) is 0 Å². The molecule has 0 aromatic heterocycles. The van der Waals surface area contributed by atoms with E-state index in [9.17, 15) is 4.79 Å². The molecular formula is C13H12O2. The Morgan fingerprint density at radius 3 is 2.60 bits per heavy atom. The average molecular weight is 200 g/mol. The Balaban J connectivity index is 2.13. The van der Waals surface area contributed by atoms with Gasteiger partial charge >= 0.3 is 0 Å². The lowest BCUT2D eigenvalue weighted by atomic mass is 10.1. The lowest BCUT2D eigenvalue weighted by Crippen LogP contribution is -1.95. The van der Waals surface area contributed by atoms with E-state index in [-0.39, 0.29) is 5.78 Å². The first-order valence-electron chi connectivity index (χ1n) is 4.91. The minimum atomic E-state index is -0.0136. The van der Waals surface area contributed by atoms with Crippen LogP contribution in [0.3, 0.4) is 0 Å². The Morgan fingerprint density at radius 2 is 2.00 bits per heavy atom. The number of benzene rings is 1. The minimum Gasteiger partial charge on any atom is -0.467 e. The Kier molecular flexibility index (Phi) is 2.68. The van der Waals surface area contributed by atoms with Crippen LogP contribution in [-0.2, 0) is 4.74 Å². The van der Waals surface area contributed by atoms with Gasteiger partial charge in [-0.1, -0.05) is 36.9 Å². The van der Waals surface area contributed by atoms with Crippen molar-refractivity contribution in [1.82, 2.24) is 0 Å². The summed E-state index contributed by atoms with van der Waals surface area (Å²) in [7, 11) is 0. The highest BCUT2D eigenvalue weighted by molar-refractivity contribution is 6.04. The molecule has 0 radical (unpaired) electrons. The van der Waals surface area contributed by atoms with Crippen LogP contribution in [0, 0.1) is 0 Å². The van der Waals surface area contributed by atoms with Crippen molar-refractivity contribution in [2.75, 3.05) is 0 Å². The Bertz CT molecular complexity index is 415. The fraction of sp³-hybridized carbons (Fsp3) is 0.154. The second-order valence-electron chi connectivity index (χ2n) is 3.48. The predicted molar refractivity (Wildman–Crippen MR) is 58.3 cm³/mol. The van der Waals surface area contributed by atoms with Gasteiger partial charge < -0.3 is 4.74 Å². The molecule has 15 heavy (non-hydrogen) atoms. The van der Waals surface area contributed by atoms with Gasteiger partial charge in [0.1, 0.15) is 5.76 Å². The van der Waals surface area contributed by atoms with Crippen molar-refractivity contribution < 1.29 is 9.53 Å². The first kappa shape index (κ1) is 9.71. The largest absolute Gasteiger partial charge is 0.467 e. The summed E-state index contributed by atoms with van der Waals surface area (Å²) >= 11 is 0. The van der Waals surface area contributed by atoms with Crippen molar-refractivity contribution in [2.24, 2.45) is 0 Å². The highest BCUT2D eigenvalue weighted by Crippen LogP contribution is 2.24. The fourth-order valence-corrected chi connectivity index (χ4v) is 1.48. The number of ether oxygens (including phenoxy) is 1. The second kappa shape index (κ2) is 4.13. The van der Waals surface area contributed by atoms with E-state index in [4.69, 9.17) is 4.74 Å². The monoisotopic (exact) mass is 200 g/mol. The van der Waals surface area contributed by atoms with E-state index >= 15 is 0 Å². The molecule has 2 rings (SSSR count). The number of hydrogen-bond acceptors (Lipinski definition) is 2. The maximum atomic E-state index is 11.7. The molecule has 1 aromatic rings. The van der Waals surface area contributed by atoms with E-state index < -0.39 is 0 Å². The van der Waals surface area contributed by atoms with Crippen LogP contribution < -0.4 is 0 Å². The van der Waals surface area contributed by atoms with E-state index in [0.29, 0.717) is 11.3 Å². The summed E-state index contributed by atoms with van der Waals surface area (Å²) in [6.07, 6.45) is 3.14. The van der Waals surface area contributed by atoms with Crippen LogP contribution >= 0.6 is 0 Å². The number of hydrogen-bond donors (Lipinski definition) is 0. The molecule has 0 bridgehead atoms. The molecule has 0 atom stereocenters. The summed E-state index contributed by atoms with van der Waals surface area (Å²) in [6, 6.07) is 9.17. The SMILES string of the molecule is C=C1CC/C(=C\C(=O)c2ccccc2)O1. The van der Waals surface area contributed by atoms with Gasteiger partial charge in [0, 0.05) is 24.5 Å². The quantitative estimate of drug-likeness (QED) is 0.541. The van der Waals surface area contributed by atoms with Crippen molar-refractivity contribution in [1.29, 1.82) is 0 Å². The zero-order valence-electron chi connectivity index (χ0n) is 8.40. The van der Waals surface area contributed by atoms with Gasteiger partial charge in [0.2, 0.25) is 0 Å². The lowest BCUT2D eigenvalue weighted by Gasteiger charge is -1.98. The molecule has 0 aliphatic carbocycles.